The summed E-state index contributed by atoms with van der Waals surface area (Å²) >= 11 is 0. The van der Waals surface area contributed by atoms with Crippen molar-refractivity contribution in [1.82, 2.24) is 10.6 Å². The predicted molar refractivity (Wildman–Crippen MR) is 80.0 cm³/mol. The van der Waals surface area contributed by atoms with Crippen molar-refractivity contribution in [3.05, 3.63) is 0 Å². The van der Waals surface area contributed by atoms with Crippen molar-refractivity contribution in [2.75, 3.05) is 13.1 Å². The van der Waals surface area contributed by atoms with Crippen molar-refractivity contribution in [1.29, 1.82) is 0 Å². The minimum Gasteiger partial charge on any atom is -0.355 e. The summed E-state index contributed by atoms with van der Waals surface area (Å²) in [7, 11) is 0. The van der Waals surface area contributed by atoms with E-state index in [-0.39, 0.29) is 17.9 Å². The fourth-order valence-electron chi connectivity index (χ4n) is 2.51. The van der Waals surface area contributed by atoms with Gasteiger partial charge in [-0.05, 0) is 25.3 Å². The quantitative estimate of drug-likeness (QED) is 0.708. The van der Waals surface area contributed by atoms with Gasteiger partial charge >= 0.3 is 0 Å². The molecule has 2 unspecified atom stereocenters. The van der Waals surface area contributed by atoms with Crippen LogP contribution < -0.4 is 16.4 Å². The second kappa shape index (κ2) is 7.62. The van der Waals surface area contributed by atoms with E-state index < -0.39 is 5.41 Å². The molecule has 0 saturated heterocycles. The van der Waals surface area contributed by atoms with Crippen LogP contribution in [0.1, 0.15) is 52.9 Å². The molecule has 1 saturated carbocycles. The monoisotopic (exact) mass is 283 g/mol. The summed E-state index contributed by atoms with van der Waals surface area (Å²) < 4.78 is 0. The highest BCUT2D eigenvalue weighted by atomic mass is 16.2. The van der Waals surface area contributed by atoms with Gasteiger partial charge in [-0.3, -0.25) is 9.59 Å². The molecule has 0 heterocycles. The van der Waals surface area contributed by atoms with Gasteiger partial charge in [-0.1, -0.05) is 33.6 Å². The largest absolute Gasteiger partial charge is 0.355 e. The van der Waals surface area contributed by atoms with Gasteiger partial charge in [0.1, 0.15) is 0 Å². The lowest BCUT2D eigenvalue weighted by molar-refractivity contribution is -0.128. The predicted octanol–water partition coefficient (Wildman–Crippen LogP) is 1.17. The van der Waals surface area contributed by atoms with Gasteiger partial charge in [-0.2, -0.15) is 0 Å². The van der Waals surface area contributed by atoms with Crippen molar-refractivity contribution in [3.63, 3.8) is 0 Å². The van der Waals surface area contributed by atoms with Gasteiger partial charge in [0.05, 0.1) is 0 Å². The zero-order chi connectivity index (χ0) is 15.2. The highest BCUT2D eigenvalue weighted by Gasteiger charge is 2.25. The zero-order valence-electron chi connectivity index (χ0n) is 13.0. The fraction of sp³-hybridized carbons (Fsp3) is 0.867. The molecule has 1 rings (SSSR count). The molecule has 0 aliphatic heterocycles. The minimum absolute atomic E-state index is 0.00422. The number of hydrogen-bond acceptors (Lipinski definition) is 3. The first kappa shape index (κ1) is 17.0. The molecule has 0 aromatic heterocycles. The third-order valence-electron chi connectivity index (χ3n) is 3.88. The third-order valence-corrected chi connectivity index (χ3v) is 3.88. The van der Waals surface area contributed by atoms with E-state index >= 15 is 0 Å². The standard InChI is InChI=1S/C15H29N3O2/c1-15(2,3)14(20)17-9-8-13(19)18-12-7-5-4-6-11(12)10-16/h11-12H,4-10,16H2,1-3H3,(H,17,20)(H,18,19). The SMILES string of the molecule is CC(C)(C)C(=O)NCCC(=O)NC1CCCCC1CN. The number of hydrogen-bond donors (Lipinski definition) is 3. The smallest absolute Gasteiger partial charge is 0.225 e. The summed E-state index contributed by atoms with van der Waals surface area (Å²) in [5.41, 5.74) is 5.34. The van der Waals surface area contributed by atoms with Crippen LogP contribution in [-0.4, -0.2) is 30.9 Å². The number of carbonyl (C=O) groups excluding carboxylic acids is 2. The molecule has 0 spiro atoms. The number of nitrogens with two attached hydrogens (primary N) is 1. The summed E-state index contributed by atoms with van der Waals surface area (Å²) in [6.45, 7) is 6.59. The van der Waals surface area contributed by atoms with Crippen LogP contribution >= 0.6 is 0 Å². The first-order chi connectivity index (χ1) is 9.34. The maximum absolute atomic E-state index is 11.9. The van der Waals surface area contributed by atoms with Gasteiger partial charge in [0.2, 0.25) is 11.8 Å². The summed E-state index contributed by atoms with van der Waals surface area (Å²) in [6.07, 6.45) is 4.80. The molecule has 5 nitrogen and oxygen atoms in total. The van der Waals surface area contributed by atoms with Crippen molar-refractivity contribution >= 4 is 11.8 Å². The summed E-state index contributed by atoms with van der Waals surface area (Å²) in [5, 5.41) is 5.85. The molecule has 1 aliphatic rings. The number of rotatable bonds is 5. The van der Waals surface area contributed by atoms with Crippen molar-refractivity contribution in [3.8, 4) is 0 Å². The maximum atomic E-state index is 11.9. The van der Waals surface area contributed by atoms with Gasteiger partial charge in [0.25, 0.3) is 0 Å². The molecule has 4 N–H and O–H groups in total. The van der Waals surface area contributed by atoms with Crippen molar-refractivity contribution in [2.45, 2.75) is 58.9 Å². The van der Waals surface area contributed by atoms with Gasteiger partial charge in [-0.25, -0.2) is 0 Å². The van der Waals surface area contributed by atoms with Crippen LogP contribution in [-0.2, 0) is 9.59 Å². The molecule has 0 radical (unpaired) electrons. The van der Waals surface area contributed by atoms with Crippen LogP contribution in [0.3, 0.4) is 0 Å². The summed E-state index contributed by atoms with van der Waals surface area (Å²) in [5.74, 6) is 0.379. The lowest BCUT2D eigenvalue weighted by Crippen LogP contribution is -2.45. The fourth-order valence-corrected chi connectivity index (χ4v) is 2.51. The molecule has 0 bridgehead atoms. The van der Waals surface area contributed by atoms with Gasteiger partial charge < -0.3 is 16.4 Å². The topological polar surface area (TPSA) is 84.2 Å². The van der Waals surface area contributed by atoms with Crippen LogP contribution in [0.15, 0.2) is 0 Å². The molecular formula is C15H29N3O2. The summed E-state index contributed by atoms with van der Waals surface area (Å²) in [6, 6.07) is 0.208. The van der Waals surface area contributed by atoms with Crippen LogP contribution in [0.4, 0.5) is 0 Å². The maximum Gasteiger partial charge on any atom is 0.225 e. The molecule has 2 amide bonds. The molecule has 1 aliphatic carbocycles. The van der Waals surface area contributed by atoms with Crippen LogP contribution in [0.5, 0.6) is 0 Å². The van der Waals surface area contributed by atoms with E-state index in [1.165, 1.54) is 6.42 Å². The Hall–Kier alpha value is -1.10. The molecule has 0 aromatic carbocycles. The van der Waals surface area contributed by atoms with E-state index in [2.05, 4.69) is 10.6 Å². The minimum atomic E-state index is -0.412. The van der Waals surface area contributed by atoms with E-state index in [0.717, 1.165) is 19.3 Å². The van der Waals surface area contributed by atoms with Gasteiger partial charge in [0, 0.05) is 24.4 Å². The second-order valence-corrected chi connectivity index (χ2v) is 6.71. The number of nitrogens with one attached hydrogen (secondary N) is 2. The van der Waals surface area contributed by atoms with Crippen LogP contribution in [0.2, 0.25) is 0 Å². The Morgan fingerprint density at radius 2 is 1.85 bits per heavy atom. The Labute approximate surface area is 122 Å². The lowest BCUT2D eigenvalue weighted by Gasteiger charge is -2.31. The highest BCUT2D eigenvalue weighted by Crippen LogP contribution is 2.23. The zero-order valence-corrected chi connectivity index (χ0v) is 13.0. The number of amides is 2. The first-order valence-corrected chi connectivity index (χ1v) is 7.62. The van der Waals surface area contributed by atoms with Crippen molar-refractivity contribution < 1.29 is 9.59 Å². The Kier molecular flexibility index (Phi) is 6.46. The first-order valence-electron chi connectivity index (χ1n) is 7.62. The van der Waals surface area contributed by atoms with E-state index in [1.807, 2.05) is 20.8 Å². The average molecular weight is 283 g/mol. The normalized spacial score (nSPS) is 23.2. The molecule has 1 fully saturated rings. The molecule has 5 heteroatoms. The molecular weight excluding hydrogens is 254 g/mol. The molecule has 20 heavy (non-hydrogen) atoms. The average Bonchev–Trinajstić information content (AvgIpc) is 2.38. The molecule has 0 aromatic rings. The Morgan fingerprint density at radius 1 is 1.20 bits per heavy atom. The summed E-state index contributed by atoms with van der Waals surface area (Å²) in [4.78, 5) is 23.6. The van der Waals surface area contributed by atoms with E-state index in [9.17, 15) is 9.59 Å². The molecule has 2 atom stereocenters. The van der Waals surface area contributed by atoms with Crippen LogP contribution in [0, 0.1) is 11.3 Å². The second-order valence-electron chi connectivity index (χ2n) is 6.71. The Morgan fingerprint density at radius 3 is 2.45 bits per heavy atom. The van der Waals surface area contributed by atoms with E-state index in [1.54, 1.807) is 0 Å². The van der Waals surface area contributed by atoms with Crippen LogP contribution in [0.25, 0.3) is 0 Å². The van der Waals surface area contributed by atoms with E-state index in [0.29, 0.717) is 25.4 Å². The Balaban J connectivity index is 2.28. The van der Waals surface area contributed by atoms with Gasteiger partial charge in [-0.15, -0.1) is 0 Å². The van der Waals surface area contributed by atoms with E-state index in [4.69, 9.17) is 5.73 Å². The Bertz CT molecular complexity index is 337. The number of carbonyl (C=O) groups is 2. The van der Waals surface area contributed by atoms with Crippen molar-refractivity contribution in [2.24, 2.45) is 17.1 Å². The molecule has 116 valence electrons. The third kappa shape index (κ3) is 5.49. The highest BCUT2D eigenvalue weighted by molar-refractivity contribution is 5.82. The van der Waals surface area contributed by atoms with Gasteiger partial charge in [0.15, 0.2) is 0 Å². The lowest BCUT2D eigenvalue weighted by atomic mass is 9.84.